The molecule has 0 bridgehead atoms. The van der Waals surface area contributed by atoms with Crippen LogP contribution in [0.2, 0.25) is 0 Å². The van der Waals surface area contributed by atoms with E-state index in [1.54, 1.807) is 23.0 Å². The van der Waals surface area contributed by atoms with Crippen molar-refractivity contribution >= 4 is 28.8 Å². The van der Waals surface area contributed by atoms with E-state index in [-0.39, 0.29) is 24.3 Å². The molecule has 2 N–H and O–H groups in total. The van der Waals surface area contributed by atoms with Crippen molar-refractivity contribution in [3.63, 3.8) is 0 Å². The monoisotopic (exact) mass is 397 g/mol. The van der Waals surface area contributed by atoms with Gasteiger partial charge in [0.15, 0.2) is 0 Å². The highest BCUT2D eigenvalue weighted by Gasteiger charge is 2.14. The fourth-order valence-electron chi connectivity index (χ4n) is 2.79. The van der Waals surface area contributed by atoms with Gasteiger partial charge in [-0.05, 0) is 44.5 Å². The minimum atomic E-state index is -0.190. The van der Waals surface area contributed by atoms with Crippen LogP contribution >= 0.6 is 11.3 Å². The van der Waals surface area contributed by atoms with Crippen LogP contribution in [0, 0.1) is 13.8 Å². The fourth-order valence-corrected chi connectivity index (χ4v) is 3.40. The number of nitrogens with zero attached hydrogens (tertiary/aromatic N) is 3. The Bertz CT molecular complexity index is 965. The molecule has 146 valence electrons. The standard InChI is InChI=1S/C20H23N5O2S/c1-13-5-6-16(20(27)22-14(2)11-25-8-4-7-21-25)9-18(13)24-19(26)10-17-12-28-15(3)23-17/h4-9,12,14H,10-11H2,1-3H3,(H,22,27)(H,24,26). The van der Waals surface area contributed by atoms with Crippen molar-refractivity contribution in [2.75, 3.05) is 5.32 Å². The molecule has 1 unspecified atom stereocenters. The summed E-state index contributed by atoms with van der Waals surface area (Å²) in [7, 11) is 0. The minimum absolute atomic E-state index is 0.0837. The van der Waals surface area contributed by atoms with E-state index in [4.69, 9.17) is 0 Å². The van der Waals surface area contributed by atoms with Gasteiger partial charge in [-0.15, -0.1) is 11.3 Å². The molecular weight excluding hydrogens is 374 g/mol. The van der Waals surface area contributed by atoms with Gasteiger partial charge in [0, 0.05) is 35.1 Å². The van der Waals surface area contributed by atoms with Gasteiger partial charge >= 0.3 is 0 Å². The highest BCUT2D eigenvalue weighted by atomic mass is 32.1. The Labute approximate surface area is 167 Å². The van der Waals surface area contributed by atoms with Gasteiger partial charge in [-0.25, -0.2) is 4.98 Å². The third-order valence-electron chi connectivity index (χ3n) is 4.18. The second kappa shape index (κ2) is 8.79. The number of carbonyl (C=O) groups excluding carboxylic acids is 2. The molecule has 0 radical (unpaired) electrons. The van der Waals surface area contributed by atoms with Crippen molar-refractivity contribution in [1.29, 1.82) is 0 Å². The van der Waals surface area contributed by atoms with Crippen molar-refractivity contribution in [2.24, 2.45) is 0 Å². The summed E-state index contributed by atoms with van der Waals surface area (Å²) in [6.07, 6.45) is 3.77. The van der Waals surface area contributed by atoms with Gasteiger partial charge in [0.1, 0.15) is 0 Å². The zero-order valence-corrected chi connectivity index (χ0v) is 16.9. The number of aromatic nitrogens is 3. The van der Waals surface area contributed by atoms with Crippen molar-refractivity contribution in [2.45, 2.75) is 39.8 Å². The first-order chi connectivity index (χ1) is 13.4. The molecule has 0 aliphatic heterocycles. The van der Waals surface area contributed by atoms with E-state index in [1.165, 1.54) is 11.3 Å². The SMILES string of the molecule is Cc1nc(CC(=O)Nc2cc(C(=O)NC(C)Cn3cccn3)ccc2C)cs1. The van der Waals surface area contributed by atoms with Gasteiger partial charge in [0.05, 0.1) is 23.7 Å². The molecular formula is C20H23N5O2S. The van der Waals surface area contributed by atoms with Crippen LogP contribution in [0.4, 0.5) is 5.69 Å². The Kier molecular flexibility index (Phi) is 6.20. The largest absolute Gasteiger partial charge is 0.348 e. The Morgan fingerprint density at radius 1 is 1.29 bits per heavy atom. The molecule has 2 aromatic heterocycles. The topological polar surface area (TPSA) is 88.9 Å². The fraction of sp³-hybridized carbons (Fsp3) is 0.300. The summed E-state index contributed by atoms with van der Waals surface area (Å²) in [6, 6.07) is 7.05. The number of amides is 2. The van der Waals surface area contributed by atoms with Gasteiger partial charge in [-0.2, -0.15) is 5.10 Å². The molecule has 3 rings (SSSR count). The highest BCUT2D eigenvalue weighted by molar-refractivity contribution is 7.09. The summed E-state index contributed by atoms with van der Waals surface area (Å²) in [5.41, 5.74) is 2.77. The predicted octanol–water partition coefficient (Wildman–Crippen LogP) is 2.96. The molecule has 8 heteroatoms. The van der Waals surface area contributed by atoms with Crippen molar-refractivity contribution in [1.82, 2.24) is 20.1 Å². The molecule has 28 heavy (non-hydrogen) atoms. The average Bonchev–Trinajstić information content (AvgIpc) is 3.28. The number of carbonyl (C=O) groups is 2. The first kappa shape index (κ1) is 19.8. The number of benzene rings is 1. The van der Waals surface area contributed by atoms with Crippen LogP contribution in [0.15, 0.2) is 42.0 Å². The normalized spacial score (nSPS) is 11.8. The van der Waals surface area contributed by atoms with E-state index in [0.717, 1.165) is 16.3 Å². The first-order valence-corrected chi connectivity index (χ1v) is 9.88. The van der Waals surface area contributed by atoms with Crippen LogP contribution in [-0.4, -0.2) is 32.6 Å². The number of thiazole rings is 1. The van der Waals surface area contributed by atoms with Crippen LogP contribution in [0.1, 0.15) is 33.5 Å². The van der Waals surface area contributed by atoms with E-state index in [9.17, 15) is 9.59 Å². The number of nitrogens with one attached hydrogen (secondary N) is 2. The molecule has 1 atom stereocenters. The zero-order chi connectivity index (χ0) is 20.1. The Hall–Kier alpha value is -3.00. The van der Waals surface area contributed by atoms with E-state index in [0.29, 0.717) is 17.8 Å². The van der Waals surface area contributed by atoms with Crippen molar-refractivity contribution < 1.29 is 9.59 Å². The van der Waals surface area contributed by atoms with Gasteiger partial charge in [-0.3, -0.25) is 14.3 Å². The summed E-state index contributed by atoms with van der Waals surface area (Å²) in [4.78, 5) is 29.2. The van der Waals surface area contributed by atoms with Crippen molar-refractivity contribution in [3.05, 3.63) is 63.9 Å². The van der Waals surface area contributed by atoms with Gasteiger partial charge in [-0.1, -0.05) is 6.07 Å². The third kappa shape index (κ3) is 5.26. The maximum absolute atomic E-state index is 12.6. The van der Waals surface area contributed by atoms with E-state index in [2.05, 4.69) is 20.7 Å². The Morgan fingerprint density at radius 2 is 2.11 bits per heavy atom. The molecule has 1 aromatic carbocycles. The van der Waals surface area contributed by atoms with Crippen LogP contribution < -0.4 is 10.6 Å². The molecule has 2 amide bonds. The second-order valence-corrected chi connectivity index (χ2v) is 7.78. The number of aryl methyl sites for hydroxylation is 2. The summed E-state index contributed by atoms with van der Waals surface area (Å²) in [6.45, 7) is 6.31. The van der Waals surface area contributed by atoms with Crippen LogP contribution in [-0.2, 0) is 17.8 Å². The first-order valence-electron chi connectivity index (χ1n) is 9.00. The molecule has 0 aliphatic rings. The van der Waals surface area contributed by atoms with E-state index in [1.807, 2.05) is 44.5 Å². The van der Waals surface area contributed by atoms with Crippen LogP contribution in [0.25, 0.3) is 0 Å². The maximum atomic E-state index is 12.6. The number of hydrogen-bond donors (Lipinski definition) is 2. The smallest absolute Gasteiger partial charge is 0.251 e. The molecule has 0 saturated heterocycles. The molecule has 7 nitrogen and oxygen atoms in total. The molecule has 0 spiro atoms. The summed E-state index contributed by atoms with van der Waals surface area (Å²) in [5, 5.41) is 12.8. The summed E-state index contributed by atoms with van der Waals surface area (Å²) >= 11 is 1.52. The lowest BCUT2D eigenvalue weighted by molar-refractivity contribution is -0.115. The molecule has 2 heterocycles. The summed E-state index contributed by atoms with van der Waals surface area (Å²) in [5.74, 6) is -0.344. The van der Waals surface area contributed by atoms with E-state index >= 15 is 0 Å². The Balaban J connectivity index is 1.63. The van der Waals surface area contributed by atoms with Gasteiger partial charge < -0.3 is 10.6 Å². The van der Waals surface area contributed by atoms with E-state index < -0.39 is 0 Å². The van der Waals surface area contributed by atoms with Crippen LogP contribution in [0.5, 0.6) is 0 Å². The maximum Gasteiger partial charge on any atom is 0.251 e. The molecule has 3 aromatic rings. The Morgan fingerprint density at radius 3 is 2.79 bits per heavy atom. The number of anilines is 1. The van der Waals surface area contributed by atoms with Crippen molar-refractivity contribution in [3.8, 4) is 0 Å². The minimum Gasteiger partial charge on any atom is -0.348 e. The highest BCUT2D eigenvalue weighted by Crippen LogP contribution is 2.18. The lowest BCUT2D eigenvalue weighted by Crippen LogP contribution is -2.35. The lowest BCUT2D eigenvalue weighted by Gasteiger charge is -2.15. The van der Waals surface area contributed by atoms with Gasteiger partial charge in [0.25, 0.3) is 5.91 Å². The predicted molar refractivity (Wildman–Crippen MR) is 110 cm³/mol. The number of hydrogen-bond acceptors (Lipinski definition) is 5. The average molecular weight is 398 g/mol. The van der Waals surface area contributed by atoms with Crippen LogP contribution in [0.3, 0.4) is 0 Å². The second-order valence-electron chi connectivity index (χ2n) is 6.72. The zero-order valence-electron chi connectivity index (χ0n) is 16.1. The lowest BCUT2D eigenvalue weighted by atomic mass is 10.1. The molecule has 0 aliphatic carbocycles. The third-order valence-corrected chi connectivity index (χ3v) is 5.00. The number of rotatable bonds is 7. The molecule has 0 saturated carbocycles. The summed E-state index contributed by atoms with van der Waals surface area (Å²) < 4.78 is 1.77. The van der Waals surface area contributed by atoms with Gasteiger partial charge in [0.2, 0.25) is 5.91 Å². The molecule has 0 fully saturated rings. The quantitative estimate of drug-likeness (QED) is 0.641.